The number of pyridine rings is 1. The number of rotatable bonds is 4. The number of nitrogens with one attached hydrogen (secondary N) is 1. The number of anilines is 1. The monoisotopic (exact) mass is 362 g/mol. The number of hydrogen-bond acceptors (Lipinski definition) is 6. The van der Waals surface area contributed by atoms with Crippen LogP contribution in [0.3, 0.4) is 0 Å². The second kappa shape index (κ2) is 6.72. The fourth-order valence-corrected chi connectivity index (χ4v) is 3.24. The van der Waals surface area contributed by atoms with Gasteiger partial charge in [-0.1, -0.05) is 0 Å². The molecule has 8 heteroatoms. The molecule has 0 fully saturated rings. The maximum absolute atomic E-state index is 12.5. The van der Waals surface area contributed by atoms with Gasteiger partial charge in [-0.15, -0.1) is 0 Å². The molecule has 2 aromatic rings. The van der Waals surface area contributed by atoms with Gasteiger partial charge < -0.3 is 14.8 Å². The van der Waals surface area contributed by atoms with Crippen LogP contribution in [0.15, 0.2) is 41.4 Å². The summed E-state index contributed by atoms with van der Waals surface area (Å²) in [6.45, 7) is 0.247. The number of methoxy groups -OCH3 is 1. The third-order valence-corrected chi connectivity index (χ3v) is 5.07. The van der Waals surface area contributed by atoms with Crippen LogP contribution in [0, 0.1) is 5.92 Å². The Morgan fingerprint density at radius 1 is 1.32 bits per heavy atom. The Bertz CT molecular complexity index is 911. The molecule has 0 aliphatic carbocycles. The minimum atomic E-state index is -3.36. The number of sulfone groups is 1. The quantitative estimate of drug-likeness (QED) is 0.889. The lowest BCUT2D eigenvalue weighted by Gasteiger charge is -2.24. The molecule has 0 saturated heterocycles. The van der Waals surface area contributed by atoms with Gasteiger partial charge in [0.25, 0.3) is 0 Å². The first-order valence-corrected chi connectivity index (χ1v) is 9.52. The summed E-state index contributed by atoms with van der Waals surface area (Å²) in [6.07, 6.45) is 2.96. The van der Waals surface area contributed by atoms with Gasteiger partial charge in [0.15, 0.2) is 9.84 Å². The van der Waals surface area contributed by atoms with Gasteiger partial charge in [0.2, 0.25) is 5.91 Å². The SMILES string of the molecule is COc1ccc2c(c1)CC(C(=O)Nc1cc(S(C)(=O)=O)ccn1)CO2. The van der Waals surface area contributed by atoms with Gasteiger partial charge in [-0.3, -0.25) is 4.79 Å². The van der Waals surface area contributed by atoms with Gasteiger partial charge in [0.05, 0.1) is 17.9 Å². The Balaban J connectivity index is 1.74. The topological polar surface area (TPSA) is 94.6 Å². The van der Waals surface area contributed by atoms with Crippen molar-refractivity contribution in [1.82, 2.24) is 4.98 Å². The minimum Gasteiger partial charge on any atom is -0.497 e. The molecule has 0 bridgehead atoms. The molecule has 0 saturated carbocycles. The van der Waals surface area contributed by atoms with Gasteiger partial charge in [-0.05, 0) is 42.3 Å². The molecule has 1 aromatic heterocycles. The number of benzene rings is 1. The lowest BCUT2D eigenvalue weighted by Crippen LogP contribution is -2.32. The first-order valence-electron chi connectivity index (χ1n) is 7.63. The van der Waals surface area contributed by atoms with E-state index in [4.69, 9.17) is 9.47 Å². The molecule has 7 nitrogen and oxygen atoms in total. The smallest absolute Gasteiger partial charge is 0.232 e. The number of ether oxygens (including phenoxy) is 2. The first kappa shape index (κ1) is 17.2. The fourth-order valence-electron chi connectivity index (χ4n) is 2.60. The van der Waals surface area contributed by atoms with Crippen LogP contribution in [0.4, 0.5) is 5.82 Å². The Morgan fingerprint density at radius 3 is 2.84 bits per heavy atom. The summed E-state index contributed by atoms with van der Waals surface area (Å²) in [7, 11) is -1.78. The summed E-state index contributed by atoms with van der Waals surface area (Å²) < 4.78 is 34.0. The van der Waals surface area contributed by atoms with E-state index in [-0.39, 0.29) is 23.2 Å². The number of carbonyl (C=O) groups excluding carboxylic acids is 1. The molecular formula is C17H18N2O5S. The second-order valence-corrected chi connectivity index (χ2v) is 7.84. The first-order chi connectivity index (χ1) is 11.9. The Labute approximate surface area is 145 Å². The maximum Gasteiger partial charge on any atom is 0.232 e. The molecule has 0 radical (unpaired) electrons. The number of aromatic nitrogens is 1. The summed E-state index contributed by atoms with van der Waals surface area (Å²) >= 11 is 0. The van der Waals surface area contributed by atoms with E-state index in [2.05, 4.69) is 10.3 Å². The zero-order chi connectivity index (χ0) is 18.0. The molecule has 1 N–H and O–H groups in total. The molecule has 1 aromatic carbocycles. The normalized spacial score (nSPS) is 16.5. The molecule has 1 unspecified atom stereocenters. The highest BCUT2D eigenvalue weighted by atomic mass is 32.2. The molecule has 1 aliphatic rings. The van der Waals surface area contributed by atoms with Crippen LogP contribution in [0.5, 0.6) is 11.5 Å². The summed E-state index contributed by atoms with van der Waals surface area (Å²) in [5.41, 5.74) is 0.892. The van der Waals surface area contributed by atoms with Crippen LogP contribution in [0.2, 0.25) is 0 Å². The van der Waals surface area contributed by atoms with E-state index in [1.165, 1.54) is 18.3 Å². The number of nitrogens with zero attached hydrogens (tertiary/aromatic N) is 1. The van der Waals surface area contributed by atoms with Crippen molar-refractivity contribution in [2.75, 3.05) is 25.3 Å². The van der Waals surface area contributed by atoms with E-state index in [0.29, 0.717) is 12.2 Å². The van der Waals surface area contributed by atoms with Crippen molar-refractivity contribution in [3.63, 3.8) is 0 Å². The number of hydrogen-bond donors (Lipinski definition) is 1. The predicted octanol–water partition coefficient (Wildman–Crippen LogP) is 1.68. The Hall–Kier alpha value is -2.61. The van der Waals surface area contributed by atoms with Gasteiger partial charge in [0, 0.05) is 12.5 Å². The van der Waals surface area contributed by atoms with Crippen molar-refractivity contribution < 1.29 is 22.7 Å². The van der Waals surface area contributed by atoms with Crippen LogP contribution in [0.1, 0.15) is 5.56 Å². The number of carbonyl (C=O) groups is 1. The minimum absolute atomic E-state index is 0.104. The van der Waals surface area contributed by atoms with E-state index in [9.17, 15) is 13.2 Å². The van der Waals surface area contributed by atoms with Crippen molar-refractivity contribution in [3.8, 4) is 11.5 Å². The van der Waals surface area contributed by atoms with Gasteiger partial charge in [-0.25, -0.2) is 13.4 Å². The predicted molar refractivity (Wildman–Crippen MR) is 91.7 cm³/mol. The second-order valence-electron chi connectivity index (χ2n) is 5.82. The highest BCUT2D eigenvalue weighted by molar-refractivity contribution is 7.90. The third-order valence-electron chi connectivity index (χ3n) is 3.96. The van der Waals surface area contributed by atoms with Crippen molar-refractivity contribution in [1.29, 1.82) is 0 Å². The van der Waals surface area contributed by atoms with Gasteiger partial charge >= 0.3 is 0 Å². The average molecular weight is 362 g/mol. The zero-order valence-electron chi connectivity index (χ0n) is 13.9. The number of fused-ring (bicyclic) bond motifs is 1. The molecule has 25 heavy (non-hydrogen) atoms. The molecule has 1 aliphatic heterocycles. The summed E-state index contributed by atoms with van der Waals surface area (Å²) in [4.78, 5) is 16.6. The van der Waals surface area contributed by atoms with Crippen LogP contribution >= 0.6 is 0 Å². The van der Waals surface area contributed by atoms with Crippen molar-refractivity contribution in [3.05, 3.63) is 42.1 Å². The maximum atomic E-state index is 12.5. The molecule has 1 atom stereocenters. The van der Waals surface area contributed by atoms with Gasteiger partial charge in [-0.2, -0.15) is 0 Å². The summed E-state index contributed by atoms with van der Waals surface area (Å²) in [5.74, 6) is 0.965. The Kier molecular flexibility index (Phi) is 4.63. The largest absolute Gasteiger partial charge is 0.497 e. The van der Waals surface area contributed by atoms with E-state index in [0.717, 1.165) is 17.6 Å². The fraction of sp³-hybridized carbons (Fsp3) is 0.294. The number of amides is 1. The average Bonchev–Trinajstić information content (AvgIpc) is 2.60. The van der Waals surface area contributed by atoms with E-state index < -0.39 is 15.8 Å². The van der Waals surface area contributed by atoms with Crippen molar-refractivity contribution in [2.45, 2.75) is 11.3 Å². The van der Waals surface area contributed by atoms with E-state index >= 15 is 0 Å². The van der Waals surface area contributed by atoms with E-state index in [1.807, 2.05) is 12.1 Å². The molecule has 3 rings (SSSR count). The van der Waals surface area contributed by atoms with Crippen LogP contribution in [-0.4, -0.2) is 39.3 Å². The Morgan fingerprint density at radius 2 is 2.12 bits per heavy atom. The molecule has 1 amide bonds. The van der Waals surface area contributed by atoms with Gasteiger partial charge in [0.1, 0.15) is 23.9 Å². The lowest BCUT2D eigenvalue weighted by molar-refractivity contribution is -0.121. The zero-order valence-corrected chi connectivity index (χ0v) is 14.7. The third kappa shape index (κ3) is 3.90. The standard InChI is InChI=1S/C17H18N2O5S/c1-23-13-3-4-15-11(8-13)7-12(10-24-15)17(20)19-16-9-14(5-6-18-16)25(2,21)22/h3-6,8-9,12H,7,10H2,1-2H3,(H,18,19,20). The molecular weight excluding hydrogens is 344 g/mol. The van der Waals surface area contributed by atoms with Crippen LogP contribution < -0.4 is 14.8 Å². The molecule has 2 heterocycles. The molecule has 132 valence electrons. The summed E-state index contributed by atoms with van der Waals surface area (Å²) in [5, 5.41) is 2.66. The summed E-state index contributed by atoms with van der Waals surface area (Å²) in [6, 6.07) is 8.20. The lowest BCUT2D eigenvalue weighted by atomic mass is 9.96. The highest BCUT2D eigenvalue weighted by Gasteiger charge is 2.27. The van der Waals surface area contributed by atoms with Crippen molar-refractivity contribution >= 4 is 21.6 Å². The van der Waals surface area contributed by atoms with Crippen LogP contribution in [-0.2, 0) is 21.1 Å². The van der Waals surface area contributed by atoms with Crippen LogP contribution in [0.25, 0.3) is 0 Å². The van der Waals surface area contributed by atoms with E-state index in [1.54, 1.807) is 13.2 Å². The molecule has 0 spiro atoms. The highest BCUT2D eigenvalue weighted by Crippen LogP contribution is 2.31. The van der Waals surface area contributed by atoms with Crippen molar-refractivity contribution in [2.24, 2.45) is 5.92 Å².